The standard InChI is InChI=1S/C34H43N5O3.C2H6/c1-6-12-30-33(34(26(4)40)37(5)36-30)35-25(3)29-23-28(16-17-32(29)42-7-2)31(41)24-39-21-19-38(20-22-39)18-11-15-27-13-9-8-10-14-27;1-2/h8-11,13-17,23H,6-7,12,18-22,24H2,1-5H3;1-2H3/b15-11+,35-25?;. The van der Waals surface area contributed by atoms with Crippen LogP contribution in [0, 0.1) is 0 Å². The lowest BCUT2D eigenvalue weighted by molar-refractivity contribution is 0.0864. The predicted molar refractivity (Wildman–Crippen MR) is 181 cm³/mol. The molecule has 0 N–H and O–H groups in total. The Hall–Kier alpha value is -3.88. The van der Waals surface area contributed by atoms with Crippen LogP contribution in [0.2, 0.25) is 0 Å². The van der Waals surface area contributed by atoms with E-state index in [2.05, 4.69) is 46.1 Å². The lowest BCUT2D eigenvalue weighted by atomic mass is 10.0. The largest absolute Gasteiger partial charge is 0.493 e. The van der Waals surface area contributed by atoms with Crippen LogP contribution in [0.25, 0.3) is 6.08 Å². The monoisotopic (exact) mass is 599 g/mol. The number of carbonyl (C=O) groups is 2. The van der Waals surface area contributed by atoms with Crippen molar-refractivity contribution in [3.8, 4) is 5.75 Å². The molecule has 0 bridgehead atoms. The first-order valence-corrected chi connectivity index (χ1v) is 15.9. The van der Waals surface area contributed by atoms with E-state index < -0.39 is 0 Å². The summed E-state index contributed by atoms with van der Waals surface area (Å²) in [6, 6.07) is 15.9. The Kier molecular flexibility index (Phi) is 13.7. The number of rotatable bonds is 13. The molecule has 0 saturated carbocycles. The van der Waals surface area contributed by atoms with E-state index in [1.807, 2.05) is 64.1 Å². The first-order chi connectivity index (χ1) is 21.3. The molecular formula is C36H49N5O3. The van der Waals surface area contributed by atoms with Crippen LogP contribution < -0.4 is 4.74 Å². The maximum absolute atomic E-state index is 13.4. The molecule has 0 spiro atoms. The number of ketones is 2. The average Bonchev–Trinajstić information content (AvgIpc) is 3.34. The summed E-state index contributed by atoms with van der Waals surface area (Å²) in [5, 5.41) is 4.56. The second-order valence-corrected chi connectivity index (χ2v) is 10.7. The summed E-state index contributed by atoms with van der Waals surface area (Å²) in [6.45, 7) is 16.8. The first kappa shape index (κ1) is 34.6. The second kappa shape index (κ2) is 17.4. The van der Waals surface area contributed by atoms with Gasteiger partial charge >= 0.3 is 0 Å². The fraction of sp³-hybridized carbons (Fsp3) is 0.444. The molecule has 2 aromatic carbocycles. The number of aryl methyl sites for hydroxylation is 2. The number of benzene rings is 2. The summed E-state index contributed by atoms with van der Waals surface area (Å²) in [5.41, 5.74) is 5.14. The third-order valence-electron chi connectivity index (χ3n) is 7.49. The molecule has 1 aliphatic rings. The molecule has 1 aliphatic heterocycles. The summed E-state index contributed by atoms with van der Waals surface area (Å²) in [6.07, 6.45) is 5.98. The van der Waals surface area contributed by atoms with E-state index in [4.69, 9.17) is 9.73 Å². The van der Waals surface area contributed by atoms with Gasteiger partial charge in [0, 0.05) is 63.5 Å². The van der Waals surface area contributed by atoms with E-state index in [0.717, 1.165) is 56.8 Å². The van der Waals surface area contributed by atoms with Gasteiger partial charge in [-0.15, -0.1) is 0 Å². The number of ether oxygens (including phenoxy) is 1. The maximum atomic E-state index is 13.4. The van der Waals surface area contributed by atoms with Crippen molar-refractivity contribution >= 4 is 29.0 Å². The molecule has 0 radical (unpaired) electrons. The van der Waals surface area contributed by atoms with Gasteiger partial charge in [0.25, 0.3) is 0 Å². The molecule has 2 heterocycles. The van der Waals surface area contributed by atoms with E-state index in [-0.39, 0.29) is 11.6 Å². The number of piperazine rings is 1. The molecule has 1 fully saturated rings. The van der Waals surface area contributed by atoms with Crippen LogP contribution in [0.15, 0.2) is 59.6 Å². The zero-order valence-electron chi connectivity index (χ0n) is 27.6. The van der Waals surface area contributed by atoms with Crippen molar-refractivity contribution in [3.05, 3.63) is 82.7 Å². The molecule has 4 rings (SSSR count). The number of Topliss-reactive ketones (excluding diaryl/α,β-unsaturated/α-hetero) is 2. The molecule has 44 heavy (non-hydrogen) atoms. The van der Waals surface area contributed by atoms with Crippen molar-refractivity contribution < 1.29 is 14.3 Å². The van der Waals surface area contributed by atoms with Crippen LogP contribution in [-0.2, 0) is 13.5 Å². The highest BCUT2D eigenvalue weighted by Gasteiger charge is 2.22. The topological polar surface area (TPSA) is 80.0 Å². The van der Waals surface area contributed by atoms with E-state index in [0.29, 0.717) is 41.6 Å². The second-order valence-electron chi connectivity index (χ2n) is 10.7. The minimum atomic E-state index is -0.0832. The first-order valence-electron chi connectivity index (χ1n) is 15.9. The van der Waals surface area contributed by atoms with Crippen LogP contribution in [0.3, 0.4) is 0 Å². The van der Waals surface area contributed by atoms with Gasteiger partial charge in [-0.1, -0.05) is 69.7 Å². The smallest absolute Gasteiger partial charge is 0.180 e. The Balaban J connectivity index is 0.00000259. The Bertz CT molecular complexity index is 1430. The molecule has 0 amide bonds. The van der Waals surface area contributed by atoms with Gasteiger partial charge < -0.3 is 4.74 Å². The summed E-state index contributed by atoms with van der Waals surface area (Å²) in [5.74, 6) is 0.653. The van der Waals surface area contributed by atoms with Crippen molar-refractivity contribution in [2.24, 2.45) is 12.0 Å². The van der Waals surface area contributed by atoms with Crippen LogP contribution >= 0.6 is 0 Å². The van der Waals surface area contributed by atoms with Crippen LogP contribution in [0.5, 0.6) is 5.75 Å². The molecule has 0 aliphatic carbocycles. The van der Waals surface area contributed by atoms with Crippen molar-refractivity contribution in [2.75, 3.05) is 45.9 Å². The van der Waals surface area contributed by atoms with E-state index in [1.54, 1.807) is 11.7 Å². The van der Waals surface area contributed by atoms with Gasteiger partial charge in [-0.05, 0) is 44.0 Å². The quantitative estimate of drug-likeness (QED) is 0.162. The van der Waals surface area contributed by atoms with Crippen molar-refractivity contribution in [1.82, 2.24) is 19.6 Å². The molecule has 8 heteroatoms. The average molecular weight is 600 g/mol. The predicted octanol–water partition coefficient (Wildman–Crippen LogP) is 6.65. The summed E-state index contributed by atoms with van der Waals surface area (Å²) >= 11 is 0. The number of aliphatic imine (C=N–C) groups is 1. The SMILES string of the molecule is CC.CCCc1nn(C)c(C(C)=O)c1N=C(C)c1cc(C(=O)CN2CCN(C/C=C/c3ccccc3)CC2)ccc1OCC. The Morgan fingerprint density at radius 2 is 1.66 bits per heavy atom. The highest BCUT2D eigenvalue weighted by molar-refractivity contribution is 6.07. The van der Waals surface area contributed by atoms with Gasteiger partial charge in [0.05, 0.1) is 18.8 Å². The number of hydrogen-bond acceptors (Lipinski definition) is 7. The fourth-order valence-electron chi connectivity index (χ4n) is 5.31. The number of nitrogens with zero attached hydrogens (tertiary/aromatic N) is 5. The van der Waals surface area contributed by atoms with Gasteiger partial charge in [-0.25, -0.2) is 4.99 Å². The highest BCUT2D eigenvalue weighted by Crippen LogP contribution is 2.29. The van der Waals surface area contributed by atoms with Gasteiger partial charge in [-0.3, -0.25) is 24.1 Å². The summed E-state index contributed by atoms with van der Waals surface area (Å²) in [4.78, 5) is 35.4. The third kappa shape index (κ3) is 9.31. The maximum Gasteiger partial charge on any atom is 0.180 e. The summed E-state index contributed by atoms with van der Waals surface area (Å²) in [7, 11) is 1.77. The van der Waals surface area contributed by atoms with Gasteiger partial charge in [-0.2, -0.15) is 5.10 Å². The molecular weight excluding hydrogens is 550 g/mol. The van der Waals surface area contributed by atoms with Crippen molar-refractivity contribution in [1.29, 1.82) is 0 Å². The summed E-state index contributed by atoms with van der Waals surface area (Å²) < 4.78 is 7.53. The molecule has 236 valence electrons. The van der Waals surface area contributed by atoms with Crippen LogP contribution in [0.4, 0.5) is 5.69 Å². The van der Waals surface area contributed by atoms with Crippen molar-refractivity contribution in [3.63, 3.8) is 0 Å². The lowest BCUT2D eigenvalue weighted by Crippen LogP contribution is -2.47. The van der Waals surface area contributed by atoms with Crippen molar-refractivity contribution in [2.45, 2.75) is 54.4 Å². The van der Waals surface area contributed by atoms with Crippen LogP contribution in [0.1, 0.15) is 85.6 Å². The Morgan fingerprint density at radius 3 is 2.30 bits per heavy atom. The van der Waals surface area contributed by atoms with Crippen LogP contribution in [-0.4, -0.2) is 82.7 Å². The van der Waals surface area contributed by atoms with Gasteiger partial charge in [0.2, 0.25) is 0 Å². The van der Waals surface area contributed by atoms with Gasteiger partial charge in [0.15, 0.2) is 11.6 Å². The number of hydrogen-bond donors (Lipinski definition) is 0. The minimum absolute atomic E-state index is 0.0713. The lowest BCUT2D eigenvalue weighted by Gasteiger charge is -2.33. The number of aromatic nitrogens is 2. The normalized spacial score (nSPS) is 14.4. The highest BCUT2D eigenvalue weighted by atomic mass is 16.5. The third-order valence-corrected chi connectivity index (χ3v) is 7.49. The Labute approximate surface area is 263 Å². The zero-order valence-corrected chi connectivity index (χ0v) is 27.6. The van der Waals surface area contributed by atoms with E-state index in [9.17, 15) is 9.59 Å². The zero-order chi connectivity index (χ0) is 32.1. The Morgan fingerprint density at radius 1 is 0.977 bits per heavy atom. The van der Waals surface area contributed by atoms with Gasteiger partial charge in [0.1, 0.15) is 17.1 Å². The number of carbonyl (C=O) groups excluding carboxylic acids is 2. The molecule has 1 saturated heterocycles. The fourth-order valence-corrected chi connectivity index (χ4v) is 5.31. The molecule has 0 unspecified atom stereocenters. The molecule has 1 aromatic heterocycles. The molecule has 0 atom stereocenters. The van der Waals surface area contributed by atoms with E-state index in [1.165, 1.54) is 12.5 Å². The molecule has 8 nitrogen and oxygen atoms in total. The molecule has 3 aromatic rings. The van der Waals surface area contributed by atoms with E-state index >= 15 is 0 Å². The minimum Gasteiger partial charge on any atom is -0.493 e.